The van der Waals surface area contributed by atoms with Crippen molar-refractivity contribution in [3.8, 4) is 5.75 Å². The fourth-order valence-electron chi connectivity index (χ4n) is 2.96. The minimum Gasteiger partial charge on any atom is -0.479 e. The van der Waals surface area contributed by atoms with Crippen LogP contribution in [0.4, 0.5) is 16.2 Å². The van der Waals surface area contributed by atoms with Gasteiger partial charge in [0.15, 0.2) is 6.10 Å². The van der Waals surface area contributed by atoms with Gasteiger partial charge >= 0.3 is 12.0 Å². The predicted octanol–water partition coefficient (Wildman–Crippen LogP) is 3.74. The Morgan fingerprint density at radius 1 is 1.20 bits per heavy atom. The zero-order chi connectivity index (χ0) is 22.2. The highest BCUT2D eigenvalue weighted by atomic mass is 35.5. The standard InChI is InChI=1S/C20H21ClN2O6S/c1-5-28-19(24)13(3)29-15-8-9-18-17(11-15)22(4)20(25)23(30(18,26)27)14-7-6-12(2)16(21)10-14/h6-11,13H,5H2,1-4H3/t13-/m1/s1. The van der Waals surface area contributed by atoms with Crippen molar-refractivity contribution in [1.82, 2.24) is 0 Å². The number of carbonyl (C=O) groups is 2. The summed E-state index contributed by atoms with van der Waals surface area (Å²) < 4.78 is 37.6. The number of rotatable bonds is 5. The van der Waals surface area contributed by atoms with Crippen molar-refractivity contribution in [2.24, 2.45) is 0 Å². The first-order valence-electron chi connectivity index (χ1n) is 9.14. The maximum atomic E-state index is 13.2. The summed E-state index contributed by atoms with van der Waals surface area (Å²) in [5, 5.41) is 0.348. The number of hydrogen-bond donors (Lipinski definition) is 0. The van der Waals surface area contributed by atoms with Crippen LogP contribution in [0.1, 0.15) is 19.4 Å². The monoisotopic (exact) mass is 452 g/mol. The molecule has 0 aliphatic carbocycles. The molecule has 8 nitrogen and oxygen atoms in total. The highest BCUT2D eigenvalue weighted by Gasteiger charge is 2.41. The zero-order valence-electron chi connectivity index (χ0n) is 16.9. The number of benzene rings is 2. The van der Waals surface area contributed by atoms with E-state index in [-0.39, 0.29) is 28.6 Å². The maximum Gasteiger partial charge on any atom is 0.347 e. The molecular formula is C20H21ClN2O6S. The molecule has 0 saturated carbocycles. The van der Waals surface area contributed by atoms with Gasteiger partial charge in [0.2, 0.25) is 0 Å². The van der Waals surface area contributed by atoms with E-state index < -0.39 is 28.1 Å². The molecule has 2 amide bonds. The predicted molar refractivity (Wildman–Crippen MR) is 113 cm³/mol. The molecule has 1 heterocycles. The third kappa shape index (κ3) is 3.82. The van der Waals surface area contributed by atoms with E-state index in [0.29, 0.717) is 9.33 Å². The number of amides is 2. The molecule has 0 N–H and O–H groups in total. The second-order valence-corrected chi connectivity index (χ2v) is 8.85. The Kier molecular flexibility index (Phi) is 5.96. The van der Waals surface area contributed by atoms with Crippen LogP contribution in [0.5, 0.6) is 5.75 Å². The van der Waals surface area contributed by atoms with Gasteiger partial charge in [-0.3, -0.25) is 4.90 Å². The van der Waals surface area contributed by atoms with Crippen LogP contribution < -0.4 is 13.9 Å². The lowest BCUT2D eigenvalue weighted by Gasteiger charge is -2.34. The number of fused-ring (bicyclic) bond motifs is 1. The lowest BCUT2D eigenvalue weighted by molar-refractivity contribution is -0.150. The van der Waals surface area contributed by atoms with E-state index in [1.165, 1.54) is 49.2 Å². The van der Waals surface area contributed by atoms with Crippen LogP contribution in [0.2, 0.25) is 5.02 Å². The summed E-state index contributed by atoms with van der Waals surface area (Å²) in [5.74, 6) is -0.314. The second kappa shape index (κ2) is 8.16. The van der Waals surface area contributed by atoms with Gasteiger partial charge in [0.1, 0.15) is 10.6 Å². The summed E-state index contributed by atoms with van der Waals surface area (Å²) in [6.07, 6.45) is -0.893. The number of urea groups is 1. The molecule has 0 saturated heterocycles. The van der Waals surface area contributed by atoms with Gasteiger partial charge in [-0.05, 0) is 50.6 Å². The van der Waals surface area contributed by atoms with E-state index in [2.05, 4.69) is 0 Å². The molecule has 3 rings (SSSR count). The summed E-state index contributed by atoms with van der Waals surface area (Å²) in [6.45, 7) is 5.19. The van der Waals surface area contributed by atoms with Crippen molar-refractivity contribution >= 4 is 45.0 Å². The van der Waals surface area contributed by atoms with Crippen LogP contribution in [0.25, 0.3) is 0 Å². The number of nitrogens with zero attached hydrogens (tertiary/aromatic N) is 2. The molecule has 1 aliphatic heterocycles. The Labute approximate surface area is 180 Å². The van der Waals surface area contributed by atoms with Crippen LogP contribution in [0.15, 0.2) is 41.3 Å². The van der Waals surface area contributed by atoms with E-state index in [1.807, 2.05) is 0 Å². The molecule has 0 unspecified atom stereocenters. The number of anilines is 2. The number of carbonyl (C=O) groups excluding carboxylic acids is 2. The number of halogens is 1. The average Bonchev–Trinajstić information content (AvgIpc) is 2.69. The third-order valence-corrected chi connectivity index (χ3v) is 6.75. The number of sulfonamides is 1. The first-order valence-corrected chi connectivity index (χ1v) is 11.0. The molecule has 0 bridgehead atoms. The van der Waals surface area contributed by atoms with Gasteiger partial charge in [0.05, 0.1) is 18.0 Å². The fourth-order valence-corrected chi connectivity index (χ4v) is 4.75. The van der Waals surface area contributed by atoms with Gasteiger partial charge in [-0.25, -0.2) is 18.0 Å². The van der Waals surface area contributed by atoms with Crippen molar-refractivity contribution in [2.45, 2.75) is 31.8 Å². The van der Waals surface area contributed by atoms with Gasteiger partial charge < -0.3 is 9.47 Å². The van der Waals surface area contributed by atoms with Crippen LogP contribution in [-0.4, -0.2) is 40.2 Å². The van der Waals surface area contributed by atoms with Crippen LogP contribution in [0, 0.1) is 6.92 Å². The zero-order valence-corrected chi connectivity index (χ0v) is 18.5. The topological polar surface area (TPSA) is 93.2 Å². The summed E-state index contributed by atoms with van der Waals surface area (Å²) in [4.78, 5) is 25.9. The van der Waals surface area contributed by atoms with Crippen LogP contribution in [0.3, 0.4) is 0 Å². The Hall–Kier alpha value is -2.78. The number of ether oxygens (including phenoxy) is 2. The molecular weight excluding hydrogens is 432 g/mol. The number of esters is 1. The molecule has 0 spiro atoms. The van der Waals surface area contributed by atoms with E-state index in [9.17, 15) is 18.0 Å². The Morgan fingerprint density at radius 3 is 2.53 bits per heavy atom. The summed E-state index contributed by atoms with van der Waals surface area (Å²) in [6, 6.07) is 8.00. The lowest BCUT2D eigenvalue weighted by atomic mass is 10.2. The molecule has 30 heavy (non-hydrogen) atoms. The van der Waals surface area contributed by atoms with Crippen molar-refractivity contribution < 1.29 is 27.5 Å². The van der Waals surface area contributed by atoms with Crippen molar-refractivity contribution in [2.75, 3.05) is 22.9 Å². The van der Waals surface area contributed by atoms with Crippen molar-refractivity contribution in [1.29, 1.82) is 0 Å². The molecule has 2 aromatic rings. The summed E-state index contributed by atoms with van der Waals surface area (Å²) >= 11 is 6.13. The minimum atomic E-state index is -4.18. The molecule has 0 aromatic heterocycles. The molecule has 0 fully saturated rings. The lowest BCUT2D eigenvalue weighted by Crippen LogP contribution is -2.49. The summed E-state index contributed by atoms with van der Waals surface area (Å²) in [5.41, 5.74) is 1.04. The molecule has 10 heteroatoms. The van der Waals surface area contributed by atoms with Gasteiger partial charge in [0, 0.05) is 18.1 Å². The van der Waals surface area contributed by atoms with Gasteiger partial charge in [-0.15, -0.1) is 0 Å². The van der Waals surface area contributed by atoms with Crippen LogP contribution >= 0.6 is 11.6 Å². The molecule has 1 atom stereocenters. The Morgan fingerprint density at radius 2 is 1.90 bits per heavy atom. The highest BCUT2D eigenvalue weighted by Crippen LogP contribution is 2.39. The molecule has 1 aliphatic rings. The SMILES string of the molecule is CCOC(=O)[C@@H](C)Oc1ccc2c(c1)N(C)C(=O)N(c1ccc(C)c(Cl)c1)S2(=O)=O. The van der Waals surface area contributed by atoms with E-state index in [0.717, 1.165) is 5.56 Å². The number of hydrogen-bond acceptors (Lipinski definition) is 6. The van der Waals surface area contributed by atoms with E-state index in [4.69, 9.17) is 21.1 Å². The Balaban J connectivity index is 2.01. The van der Waals surface area contributed by atoms with E-state index in [1.54, 1.807) is 19.9 Å². The average molecular weight is 453 g/mol. The van der Waals surface area contributed by atoms with Crippen molar-refractivity contribution in [3.63, 3.8) is 0 Å². The Bertz CT molecular complexity index is 1120. The van der Waals surface area contributed by atoms with Gasteiger partial charge in [-0.2, -0.15) is 4.31 Å². The smallest absolute Gasteiger partial charge is 0.347 e. The summed E-state index contributed by atoms with van der Waals surface area (Å²) in [7, 11) is -2.73. The third-order valence-electron chi connectivity index (χ3n) is 4.59. The fraction of sp³-hybridized carbons (Fsp3) is 0.300. The quantitative estimate of drug-likeness (QED) is 0.641. The molecule has 0 radical (unpaired) electrons. The van der Waals surface area contributed by atoms with Gasteiger partial charge in [0.25, 0.3) is 10.0 Å². The first kappa shape index (κ1) is 21.9. The van der Waals surface area contributed by atoms with Crippen molar-refractivity contribution in [3.05, 3.63) is 47.0 Å². The highest BCUT2D eigenvalue weighted by molar-refractivity contribution is 7.94. The second-order valence-electron chi connectivity index (χ2n) is 6.69. The maximum absolute atomic E-state index is 13.2. The molecule has 160 valence electrons. The first-order chi connectivity index (χ1) is 14.1. The van der Waals surface area contributed by atoms with Crippen LogP contribution in [-0.2, 0) is 19.6 Å². The largest absolute Gasteiger partial charge is 0.479 e. The van der Waals surface area contributed by atoms with E-state index >= 15 is 0 Å². The van der Waals surface area contributed by atoms with Gasteiger partial charge in [-0.1, -0.05) is 17.7 Å². The normalized spacial score (nSPS) is 16.1. The number of aryl methyl sites for hydroxylation is 1. The molecule has 2 aromatic carbocycles. The minimum absolute atomic E-state index is 0.0718.